The van der Waals surface area contributed by atoms with Gasteiger partial charge < -0.3 is 5.32 Å². The van der Waals surface area contributed by atoms with Crippen molar-refractivity contribution in [3.05, 3.63) is 22.4 Å². The average Bonchev–Trinajstić information content (AvgIpc) is 2.84. The molecule has 2 nitrogen and oxygen atoms in total. The number of rotatable bonds is 4. The number of halogens is 2. The molecule has 1 aromatic rings. The van der Waals surface area contributed by atoms with E-state index in [2.05, 4.69) is 41.6 Å². The van der Waals surface area contributed by atoms with Crippen molar-refractivity contribution in [1.82, 2.24) is 10.2 Å². The van der Waals surface area contributed by atoms with Gasteiger partial charge in [-0.25, -0.2) is 0 Å². The summed E-state index contributed by atoms with van der Waals surface area (Å²) in [7, 11) is 0. The maximum Gasteiger partial charge on any atom is 0.0467 e. The number of hydrogen-bond acceptors (Lipinski definition) is 3. The molecule has 1 aliphatic heterocycles. The minimum absolute atomic E-state index is 0. The van der Waals surface area contributed by atoms with Gasteiger partial charge in [0.1, 0.15) is 0 Å². The predicted octanol–water partition coefficient (Wildman–Crippen LogP) is 3.58. The smallest absolute Gasteiger partial charge is 0.0467 e. The molecule has 0 aliphatic carbocycles. The topological polar surface area (TPSA) is 15.3 Å². The third-order valence-electron chi connectivity index (χ3n) is 3.56. The quantitative estimate of drug-likeness (QED) is 0.914. The second-order valence-electron chi connectivity index (χ2n) is 4.63. The van der Waals surface area contributed by atoms with E-state index in [1.807, 2.05) is 11.3 Å². The van der Waals surface area contributed by atoms with Crippen molar-refractivity contribution in [2.24, 2.45) is 5.92 Å². The summed E-state index contributed by atoms with van der Waals surface area (Å²) in [4.78, 5) is 4.19. The predicted molar refractivity (Wildman–Crippen MR) is 85.5 cm³/mol. The van der Waals surface area contributed by atoms with Crippen molar-refractivity contribution in [2.45, 2.75) is 26.3 Å². The fourth-order valence-corrected chi connectivity index (χ4v) is 3.46. The highest BCUT2D eigenvalue weighted by molar-refractivity contribution is 7.10. The molecule has 18 heavy (non-hydrogen) atoms. The summed E-state index contributed by atoms with van der Waals surface area (Å²) >= 11 is 1.91. The van der Waals surface area contributed by atoms with Crippen LogP contribution in [0.2, 0.25) is 0 Å². The van der Waals surface area contributed by atoms with Crippen LogP contribution in [0.5, 0.6) is 0 Å². The van der Waals surface area contributed by atoms with Gasteiger partial charge >= 0.3 is 0 Å². The second-order valence-corrected chi connectivity index (χ2v) is 5.61. The first-order valence-corrected chi connectivity index (χ1v) is 7.19. The van der Waals surface area contributed by atoms with Crippen LogP contribution in [-0.4, -0.2) is 31.1 Å². The molecule has 0 aromatic carbocycles. The first-order chi connectivity index (χ1) is 7.83. The Bertz CT molecular complexity index is 300. The SMILES string of the molecule is CCC(C)[C@H](c1cccs1)N1CCNCC1.Cl.Cl. The molecule has 0 spiro atoms. The van der Waals surface area contributed by atoms with Crippen molar-refractivity contribution in [2.75, 3.05) is 26.2 Å². The average molecular weight is 311 g/mol. The molecule has 1 saturated heterocycles. The summed E-state index contributed by atoms with van der Waals surface area (Å²) in [6.45, 7) is 9.33. The van der Waals surface area contributed by atoms with E-state index in [9.17, 15) is 0 Å². The van der Waals surface area contributed by atoms with Gasteiger partial charge in [0, 0.05) is 37.1 Å². The normalized spacial score (nSPS) is 19.4. The summed E-state index contributed by atoms with van der Waals surface area (Å²) in [5.41, 5.74) is 0. The highest BCUT2D eigenvalue weighted by Crippen LogP contribution is 2.33. The molecule has 1 aliphatic rings. The summed E-state index contributed by atoms with van der Waals surface area (Å²) < 4.78 is 0. The molecule has 2 rings (SSSR count). The van der Waals surface area contributed by atoms with Crippen molar-refractivity contribution in [3.63, 3.8) is 0 Å². The van der Waals surface area contributed by atoms with Crippen LogP contribution in [0.25, 0.3) is 0 Å². The van der Waals surface area contributed by atoms with Gasteiger partial charge in [-0.15, -0.1) is 36.2 Å². The van der Waals surface area contributed by atoms with Crippen LogP contribution in [0.4, 0.5) is 0 Å². The molecular formula is C13H24Cl2N2S. The Morgan fingerprint density at radius 3 is 2.50 bits per heavy atom. The Labute approximate surface area is 127 Å². The van der Waals surface area contributed by atoms with Gasteiger partial charge in [-0.3, -0.25) is 4.90 Å². The Morgan fingerprint density at radius 2 is 2.00 bits per heavy atom. The molecule has 1 fully saturated rings. The molecular weight excluding hydrogens is 287 g/mol. The minimum atomic E-state index is 0. The van der Waals surface area contributed by atoms with E-state index in [1.165, 1.54) is 24.4 Å². The third-order valence-corrected chi connectivity index (χ3v) is 4.51. The van der Waals surface area contributed by atoms with Crippen molar-refractivity contribution < 1.29 is 0 Å². The van der Waals surface area contributed by atoms with Crippen LogP contribution in [0, 0.1) is 5.92 Å². The van der Waals surface area contributed by atoms with E-state index in [4.69, 9.17) is 0 Å². The van der Waals surface area contributed by atoms with E-state index < -0.39 is 0 Å². The summed E-state index contributed by atoms with van der Waals surface area (Å²) in [5.74, 6) is 0.747. The summed E-state index contributed by atoms with van der Waals surface area (Å²) in [6.07, 6.45) is 1.26. The van der Waals surface area contributed by atoms with E-state index in [-0.39, 0.29) is 24.8 Å². The van der Waals surface area contributed by atoms with Crippen molar-refractivity contribution in [1.29, 1.82) is 0 Å². The number of nitrogens with zero attached hydrogens (tertiary/aromatic N) is 1. The highest BCUT2D eigenvalue weighted by Gasteiger charge is 2.26. The molecule has 2 atom stereocenters. The van der Waals surface area contributed by atoms with E-state index in [0.29, 0.717) is 6.04 Å². The lowest BCUT2D eigenvalue weighted by Crippen LogP contribution is -2.46. The zero-order chi connectivity index (χ0) is 11.4. The number of piperazine rings is 1. The Hall–Kier alpha value is 0.200. The Morgan fingerprint density at radius 1 is 1.33 bits per heavy atom. The van der Waals surface area contributed by atoms with Gasteiger partial charge in [0.05, 0.1) is 0 Å². The van der Waals surface area contributed by atoms with Gasteiger partial charge in [0.15, 0.2) is 0 Å². The summed E-state index contributed by atoms with van der Waals surface area (Å²) in [5, 5.41) is 5.63. The maximum absolute atomic E-state index is 3.43. The molecule has 0 bridgehead atoms. The highest BCUT2D eigenvalue weighted by atomic mass is 35.5. The minimum Gasteiger partial charge on any atom is -0.314 e. The molecule has 5 heteroatoms. The van der Waals surface area contributed by atoms with Gasteiger partial charge in [-0.2, -0.15) is 0 Å². The first-order valence-electron chi connectivity index (χ1n) is 6.31. The van der Waals surface area contributed by atoms with Crippen LogP contribution in [0.15, 0.2) is 17.5 Å². The maximum atomic E-state index is 3.43. The number of hydrogen-bond donors (Lipinski definition) is 1. The van der Waals surface area contributed by atoms with Crippen LogP contribution in [0.3, 0.4) is 0 Å². The van der Waals surface area contributed by atoms with Crippen LogP contribution < -0.4 is 5.32 Å². The lowest BCUT2D eigenvalue weighted by molar-refractivity contribution is 0.131. The molecule has 1 aromatic heterocycles. The number of nitrogens with one attached hydrogen (secondary N) is 1. The Kier molecular flexibility index (Phi) is 9.26. The molecule has 2 heterocycles. The van der Waals surface area contributed by atoms with E-state index in [0.717, 1.165) is 19.0 Å². The number of thiophene rings is 1. The molecule has 0 radical (unpaired) electrons. The molecule has 1 N–H and O–H groups in total. The van der Waals surface area contributed by atoms with Gasteiger partial charge in [-0.1, -0.05) is 26.3 Å². The lowest BCUT2D eigenvalue weighted by atomic mass is 9.95. The molecule has 0 saturated carbocycles. The monoisotopic (exact) mass is 310 g/mol. The molecule has 0 amide bonds. The Balaban J connectivity index is 0.00000144. The fraction of sp³-hybridized carbons (Fsp3) is 0.692. The summed E-state index contributed by atoms with van der Waals surface area (Å²) in [6, 6.07) is 5.10. The van der Waals surface area contributed by atoms with Gasteiger partial charge in [0.25, 0.3) is 0 Å². The first kappa shape index (κ1) is 18.2. The largest absolute Gasteiger partial charge is 0.314 e. The molecule has 106 valence electrons. The van der Waals surface area contributed by atoms with Crippen LogP contribution >= 0.6 is 36.2 Å². The van der Waals surface area contributed by atoms with Crippen LogP contribution in [0.1, 0.15) is 31.2 Å². The lowest BCUT2D eigenvalue weighted by Gasteiger charge is -2.37. The third kappa shape index (κ3) is 4.39. The fourth-order valence-electron chi connectivity index (χ4n) is 2.46. The second kappa shape index (κ2) is 9.16. The van der Waals surface area contributed by atoms with Gasteiger partial charge in [-0.05, 0) is 17.4 Å². The zero-order valence-electron chi connectivity index (χ0n) is 11.1. The molecule has 1 unspecified atom stereocenters. The van der Waals surface area contributed by atoms with Crippen LogP contribution in [-0.2, 0) is 0 Å². The standard InChI is InChI=1S/C13H22N2S.2ClH/c1-3-11(2)13(12-5-4-10-16-12)15-8-6-14-7-9-15;;/h4-5,10-11,13-14H,3,6-9H2,1-2H3;2*1H/t11?,13-;;/m1../s1. The van der Waals surface area contributed by atoms with Crippen molar-refractivity contribution in [3.8, 4) is 0 Å². The van der Waals surface area contributed by atoms with E-state index in [1.54, 1.807) is 0 Å². The van der Waals surface area contributed by atoms with Crippen molar-refractivity contribution >= 4 is 36.2 Å². The zero-order valence-corrected chi connectivity index (χ0v) is 13.5. The van der Waals surface area contributed by atoms with E-state index >= 15 is 0 Å². The van der Waals surface area contributed by atoms with Gasteiger partial charge in [0.2, 0.25) is 0 Å².